The minimum absolute atomic E-state index is 0.111. The van der Waals surface area contributed by atoms with Crippen LogP contribution in [-0.4, -0.2) is 46.6 Å². The first-order chi connectivity index (χ1) is 15.1. The zero-order chi connectivity index (χ0) is 21.4. The average Bonchev–Trinajstić information content (AvgIpc) is 3.42. The normalized spacial score (nSPS) is 27.0. The summed E-state index contributed by atoms with van der Waals surface area (Å²) in [6.45, 7) is 10.5. The Bertz CT molecular complexity index is 866. The number of hydrogen-bond donors (Lipinski definition) is 0. The van der Waals surface area contributed by atoms with E-state index in [1.54, 1.807) is 12.1 Å². The van der Waals surface area contributed by atoms with Crippen molar-refractivity contribution >= 4 is 10.9 Å². The number of piperidine rings is 1. The van der Waals surface area contributed by atoms with Gasteiger partial charge in [-0.2, -0.15) is 0 Å². The Labute approximate surface area is 187 Å². The maximum absolute atomic E-state index is 14.1. The van der Waals surface area contributed by atoms with Gasteiger partial charge in [-0.15, -0.1) is 0 Å². The molecule has 2 saturated heterocycles. The second kappa shape index (κ2) is 9.23. The molecular weight excluding hydrogens is 385 g/mol. The average molecular weight is 426 g/mol. The van der Waals surface area contributed by atoms with Crippen molar-refractivity contribution in [3.63, 3.8) is 0 Å². The summed E-state index contributed by atoms with van der Waals surface area (Å²) in [5.41, 5.74) is 2.54. The molecule has 3 fully saturated rings. The number of fused-ring (bicyclic) bond motifs is 1. The minimum atomic E-state index is -0.111. The molecule has 3 nitrogen and oxygen atoms in total. The molecule has 170 valence electrons. The van der Waals surface area contributed by atoms with Gasteiger partial charge in [0.15, 0.2) is 0 Å². The Morgan fingerprint density at radius 2 is 1.61 bits per heavy atom. The van der Waals surface area contributed by atoms with Gasteiger partial charge in [0, 0.05) is 48.8 Å². The molecule has 0 unspecified atom stereocenters. The van der Waals surface area contributed by atoms with Gasteiger partial charge in [-0.1, -0.05) is 13.8 Å². The SMILES string of the molecule is CC(C)[C@H]1CC[C@@H](N2CCC(n3cc(CN4CCCC4)c4cc(F)ccc43)CC2)CC1. The van der Waals surface area contributed by atoms with Crippen molar-refractivity contribution in [1.29, 1.82) is 0 Å². The van der Waals surface area contributed by atoms with Gasteiger partial charge in [0.1, 0.15) is 5.82 Å². The summed E-state index contributed by atoms with van der Waals surface area (Å²) in [6.07, 6.45) is 13.0. The molecule has 0 N–H and O–H groups in total. The van der Waals surface area contributed by atoms with Crippen LogP contribution in [-0.2, 0) is 6.54 Å². The number of rotatable bonds is 5. The predicted octanol–water partition coefficient (Wildman–Crippen LogP) is 6.23. The van der Waals surface area contributed by atoms with E-state index in [4.69, 9.17) is 0 Å². The fourth-order valence-corrected chi connectivity index (χ4v) is 6.57. The Balaban J connectivity index is 1.27. The highest BCUT2D eigenvalue weighted by atomic mass is 19.1. The molecule has 4 heteroatoms. The zero-order valence-electron chi connectivity index (χ0n) is 19.5. The van der Waals surface area contributed by atoms with Gasteiger partial charge in [-0.25, -0.2) is 4.39 Å². The molecule has 1 aromatic carbocycles. The van der Waals surface area contributed by atoms with E-state index < -0.39 is 0 Å². The van der Waals surface area contributed by atoms with E-state index in [1.807, 2.05) is 6.07 Å². The van der Waals surface area contributed by atoms with Gasteiger partial charge < -0.3 is 9.47 Å². The number of hydrogen-bond acceptors (Lipinski definition) is 2. The maximum Gasteiger partial charge on any atom is 0.123 e. The van der Waals surface area contributed by atoms with Crippen LogP contribution in [0, 0.1) is 17.7 Å². The van der Waals surface area contributed by atoms with Gasteiger partial charge in [0.25, 0.3) is 0 Å². The summed E-state index contributed by atoms with van der Waals surface area (Å²) in [7, 11) is 0. The van der Waals surface area contributed by atoms with Gasteiger partial charge in [0.2, 0.25) is 0 Å². The van der Waals surface area contributed by atoms with Crippen LogP contribution in [0.3, 0.4) is 0 Å². The first kappa shape index (κ1) is 21.5. The van der Waals surface area contributed by atoms with Gasteiger partial charge >= 0.3 is 0 Å². The summed E-state index contributed by atoms with van der Waals surface area (Å²) in [5, 5.41) is 1.13. The molecule has 1 saturated carbocycles. The number of benzene rings is 1. The molecule has 2 aromatic rings. The predicted molar refractivity (Wildman–Crippen MR) is 127 cm³/mol. The second-order valence-corrected chi connectivity index (χ2v) is 10.8. The summed E-state index contributed by atoms with van der Waals surface area (Å²) in [4.78, 5) is 5.31. The number of halogens is 1. The highest BCUT2D eigenvalue weighted by molar-refractivity contribution is 5.84. The van der Waals surface area contributed by atoms with Crippen molar-refractivity contribution in [2.24, 2.45) is 11.8 Å². The molecule has 0 radical (unpaired) electrons. The second-order valence-electron chi connectivity index (χ2n) is 10.8. The van der Waals surface area contributed by atoms with Crippen LogP contribution in [0.15, 0.2) is 24.4 Å². The lowest BCUT2D eigenvalue weighted by atomic mass is 9.79. The van der Waals surface area contributed by atoms with E-state index >= 15 is 0 Å². The molecule has 5 rings (SSSR count). The van der Waals surface area contributed by atoms with Crippen molar-refractivity contribution in [2.75, 3.05) is 26.2 Å². The van der Waals surface area contributed by atoms with Gasteiger partial charge in [-0.05, 0) is 100 Å². The summed E-state index contributed by atoms with van der Waals surface area (Å²) >= 11 is 0. The Morgan fingerprint density at radius 3 is 2.29 bits per heavy atom. The molecule has 3 heterocycles. The van der Waals surface area contributed by atoms with Crippen molar-refractivity contribution in [3.8, 4) is 0 Å². The van der Waals surface area contributed by atoms with E-state index in [1.165, 1.54) is 88.6 Å². The number of nitrogens with zero attached hydrogens (tertiary/aromatic N) is 3. The Kier molecular flexibility index (Phi) is 6.39. The molecule has 0 atom stereocenters. The topological polar surface area (TPSA) is 11.4 Å². The maximum atomic E-state index is 14.1. The fraction of sp³-hybridized carbons (Fsp3) is 0.704. The van der Waals surface area contributed by atoms with Crippen LogP contribution in [0.5, 0.6) is 0 Å². The summed E-state index contributed by atoms with van der Waals surface area (Å²) in [5.74, 6) is 1.67. The molecule has 0 spiro atoms. The van der Waals surface area contributed by atoms with Crippen LogP contribution in [0.1, 0.15) is 76.8 Å². The number of aromatic nitrogens is 1. The lowest BCUT2D eigenvalue weighted by Gasteiger charge is -2.42. The summed E-state index contributed by atoms with van der Waals surface area (Å²) < 4.78 is 16.6. The highest BCUT2D eigenvalue weighted by Gasteiger charge is 2.31. The van der Waals surface area contributed by atoms with Gasteiger partial charge in [-0.3, -0.25) is 4.90 Å². The quantitative estimate of drug-likeness (QED) is 0.563. The highest BCUT2D eigenvalue weighted by Crippen LogP contribution is 2.36. The van der Waals surface area contributed by atoms with Gasteiger partial charge in [0.05, 0.1) is 0 Å². The Morgan fingerprint density at radius 1 is 0.903 bits per heavy atom. The van der Waals surface area contributed by atoms with E-state index in [2.05, 4.69) is 34.4 Å². The van der Waals surface area contributed by atoms with Crippen LogP contribution in [0.4, 0.5) is 4.39 Å². The minimum Gasteiger partial charge on any atom is -0.344 e. The molecule has 0 amide bonds. The third kappa shape index (κ3) is 4.57. The first-order valence-corrected chi connectivity index (χ1v) is 12.8. The van der Waals surface area contributed by atoms with Crippen LogP contribution in [0.2, 0.25) is 0 Å². The van der Waals surface area contributed by atoms with Crippen LogP contribution < -0.4 is 0 Å². The third-order valence-electron chi connectivity index (χ3n) is 8.56. The molecule has 3 aliphatic rings. The zero-order valence-corrected chi connectivity index (χ0v) is 19.5. The third-order valence-corrected chi connectivity index (χ3v) is 8.56. The summed E-state index contributed by atoms with van der Waals surface area (Å²) in [6, 6.07) is 6.76. The fourth-order valence-electron chi connectivity index (χ4n) is 6.57. The molecule has 1 aliphatic carbocycles. The lowest BCUT2D eigenvalue weighted by Crippen LogP contribution is -2.43. The molecule has 1 aromatic heterocycles. The smallest absolute Gasteiger partial charge is 0.123 e. The standard InChI is InChI=1S/C27H40FN3/c1-20(2)21-5-8-24(9-6-21)30-15-11-25(12-16-30)31-19-22(18-29-13-3-4-14-29)26-17-23(28)7-10-27(26)31/h7,10,17,19-21,24-25H,3-6,8-9,11-16,18H2,1-2H3/t21-,24+. The van der Waals surface area contributed by atoms with E-state index in [-0.39, 0.29) is 5.82 Å². The van der Waals surface area contributed by atoms with Crippen molar-refractivity contribution in [2.45, 2.75) is 83.8 Å². The molecule has 2 aliphatic heterocycles. The monoisotopic (exact) mass is 425 g/mol. The van der Waals surface area contributed by atoms with Crippen LogP contribution >= 0.6 is 0 Å². The van der Waals surface area contributed by atoms with Crippen molar-refractivity contribution in [1.82, 2.24) is 14.4 Å². The Hall–Kier alpha value is -1.39. The molecule has 0 bridgehead atoms. The van der Waals surface area contributed by atoms with Crippen molar-refractivity contribution in [3.05, 3.63) is 35.8 Å². The van der Waals surface area contributed by atoms with Crippen molar-refractivity contribution < 1.29 is 4.39 Å². The first-order valence-electron chi connectivity index (χ1n) is 12.8. The largest absolute Gasteiger partial charge is 0.344 e. The molecular formula is C27H40FN3. The van der Waals surface area contributed by atoms with E-state index in [9.17, 15) is 4.39 Å². The van der Waals surface area contributed by atoms with E-state index in [0.29, 0.717) is 6.04 Å². The van der Waals surface area contributed by atoms with Crippen LogP contribution in [0.25, 0.3) is 10.9 Å². The van der Waals surface area contributed by atoms with E-state index in [0.717, 1.165) is 29.8 Å². The lowest BCUT2D eigenvalue weighted by molar-refractivity contribution is 0.0893. The number of likely N-dealkylation sites (tertiary alicyclic amines) is 2. The molecule has 31 heavy (non-hydrogen) atoms.